The third-order valence-electron chi connectivity index (χ3n) is 2.39. The zero-order valence-electron chi connectivity index (χ0n) is 10.2. The Morgan fingerprint density at radius 3 is 2.06 bits per heavy atom. The van der Waals surface area contributed by atoms with Crippen LogP contribution in [0.4, 0.5) is 0 Å². The van der Waals surface area contributed by atoms with Crippen molar-refractivity contribution in [3.8, 4) is 5.75 Å². The van der Waals surface area contributed by atoms with Crippen LogP contribution in [0.25, 0.3) is 6.08 Å². The number of phenols is 1. The second-order valence-corrected chi connectivity index (χ2v) is 4.96. The number of allylic oxidation sites excluding steroid dienone is 1. The third-order valence-corrected chi connectivity index (χ3v) is 2.39. The molecule has 0 saturated carbocycles. The Labute approximate surface area is 96.6 Å². The highest BCUT2D eigenvalue weighted by molar-refractivity contribution is 5.98. The smallest absolute Gasteiger partial charge is 0.156 e. The molecule has 1 rings (SSSR count). The van der Waals surface area contributed by atoms with E-state index in [0.717, 1.165) is 11.1 Å². The Morgan fingerprint density at radius 2 is 1.69 bits per heavy atom. The molecule has 1 aromatic rings. The van der Waals surface area contributed by atoms with Gasteiger partial charge in [-0.15, -0.1) is 0 Å². The highest BCUT2D eigenvalue weighted by Gasteiger charge is 2.20. The molecule has 0 spiro atoms. The molecule has 0 aliphatic rings. The van der Waals surface area contributed by atoms with Crippen molar-refractivity contribution >= 4 is 11.9 Å². The van der Waals surface area contributed by atoms with E-state index in [1.807, 2.05) is 26.8 Å². The van der Waals surface area contributed by atoms with Gasteiger partial charge >= 0.3 is 0 Å². The third kappa shape index (κ3) is 3.23. The van der Waals surface area contributed by atoms with Crippen molar-refractivity contribution in [2.45, 2.75) is 27.7 Å². The lowest BCUT2D eigenvalue weighted by atomic mass is 9.83. The zero-order valence-corrected chi connectivity index (χ0v) is 10.2. The second kappa shape index (κ2) is 4.52. The molecule has 2 nitrogen and oxygen atoms in total. The van der Waals surface area contributed by atoms with Crippen LogP contribution in [0.2, 0.25) is 0 Å². The molecule has 0 aliphatic carbocycles. The number of phenolic OH excluding ortho intramolecular Hbond substituents is 1. The molecular weight excluding hydrogens is 200 g/mol. The van der Waals surface area contributed by atoms with Gasteiger partial charge in [-0.05, 0) is 36.1 Å². The summed E-state index contributed by atoms with van der Waals surface area (Å²) in [6.07, 6.45) is 1.88. The van der Waals surface area contributed by atoms with Crippen molar-refractivity contribution < 1.29 is 9.90 Å². The molecule has 0 aromatic heterocycles. The SMILES string of the molecule is CC(=O)C(=Cc1ccc(O)cc1)C(C)(C)C. The number of rotatable bonds is 2. The van der Waals surface area contributed by atoms with Crippen LogP contribution in [0.3, 0.4) is 0 Å². The molecular formula is C14H18O2. The molecule has 1 aromatic carbocycles. The van der Waals surface area contributed by atoms with Gasteiger partial charge < -0.3 is 5.11 Å². The maximum Gasteiger partial charge on any atom is 0.156 e. The van der Waals surface area contributed by atoms with Gasteiger partial charge in [0.05, 0.1) is 0 Å². The summed E-state index contributed by atoms with van der Waals surface area (Å²) in [5, 5.41) is 9.17. The number of hydrogen-bond acceptors (Lipinski definition) is 2. The quantitative estimate of drug-likeness (QED) is 0.772. The highest BCUT2D eigenvalue weighted by Crippen LogP contribution is 2.28. The molecule has 0 saturated heterocycles. The van der Waals surface area contributed by atoms with E-state index in [-0.39, 0.29) is 16.9 Å². The Kier molecular flexibility index (Phi) is 3.53. The maximum absolute atomic E-state index is 11.5. The summed E-state index contributed by atoms with van der Waals surface area (Å²) in [6, 6.07) is 6.83. The lowest BCUT2D eigenvalue weighted by Gasteiger charge is -2.20. The van der Waals surface area contributed by atoms with Gasteiger partial charge in [0.1, 0.15) is 5.75 Å². The molecule has 86 valence electrons. The number of carbonyl (C=O) groups is 1. The van der Waals surface area contributed by atoms with E-state index >= 15 is 0 Å². The predicted molar refractivity (Wildman–Crippen MR) is 66.2 cm³/mol. The van der Waals surface area contributed by atoms with E-state index in [2.05, 4.69) is 0 Å². The lowest BCUT2D eigenvalue weighted by molar-refractivity contribution is -0.114. The van der Waals surface area contributed by atoms with Gasteiger partial charge in [-0.1, -0.05) is 32.9 Å². The zero-order chi connectivity index (χ0) is 12.3. The highest BCUT2D eigenvalue weighted by atomic mass is 16.3. The van der Waals surface area contributed by atoms with Crippen LogP contribution < -0.4 is 0 Å². The monoisotopic (exact) mass is 218 g/mol. The molecule has 0 atom stereocenters. The number of ketones is 1. The van der Waals surface area contributed by atoms with Crippen molar-refractivity contribution in [3.63, 3.8) is 0 Å². The fourth-order valence-electron chi connectivity index (χ4n) is 1.58. The van der Waals surface area contributed by atoms with Crippen LogP contribution in [0.15, 0.2) is 29.8 Å². The van der Waals surface area contributed by atoms with E-state index in [9.17, 15) is 9.90 Å². The van der Waals surface area contributed by atoms with Crippen LogP contribution in [-0.2, 0) is 4.79 Å². The summed E-state index contributed by atoms with van der Waals surface area (Å²) in [5.74, 6) is 0.317. The van der Waals surface area contributed by atoms with Gasteiger partial charge in [0, 0.05) is 5.57 Å². The molecule has 0 fully saturated rings. The summed E-state index contributed by atoms with van der Waals surface area (Å²) in [5.41, 5.74) is 1.56. The largest absolute Gasteiger partial charge is 0.508 e. The molecule has 1 N–H and O–H groups in total. The minimum Gasteiger partial charge on any atom is -0.508 e. The Balaban J connectivity index is 3.13. The molecule has 2 heteroatoms. The number of benzene rings is 1. The first-order valence-electron chi connectivity index (χ1n) is 5.33. The predicted octanol–water partition coefficient (Wildman–Crippen LogP) is 3.41. The van der Waals surface area contributed by atoms with Crippen LogP contribution in [0, 0.1) is 5.41 Å². The van der Waals surface area contributed by atoms with Crippen molar-refractivity contribution in [2.75, 3.05) is 0 Å². The van der Waals surface area contributed by atoms with Crippen molar-refractivity contribution in [1.29, 1.82) is 0 Å². The number of hydrogen-bond donors (Lipinski definition) is 1. The maximum atomic E-state index is 11.5. The first kappa shape index (κ1) is 12.5. The van der Waals surface area contributed by atoms with E-state index in [1.54, 1.807) is 31.2 Å². The van der Waals surface area contributed by atoms with Gasteiger partial charge in [-0.2, -0.15) is 0 Å². The van der Waals surface area contributed by atoms with E-state index in [4.69, 9.17) is 0 Å². The summed E-state index contributed by atoms with van der Waals surface area (Å²) < 4.78 is 0. The number of carbonyl (C=O) groups excluding carboxylic acids is 1. The second-order valence-electron chi connectivity index (χ2n) is 4.96. The fourth-order valence-corrected chi connectivity index (χ4v) is 1.58. The molecule has 0 radical (unpaired) electrons. The average Bonchev–Trinajstić information content (AvgIpc) is 2.14. The molecule has 0 bridgehead atoms. The number of Topliss-reactive ketones (excluding diaryl/α,β-unsaturated/α-hetero) is 1. The normalized spacial score (nSPS) is 12.6. The average molecular weight is 218 g/mol. The van der Waals surface area contributed by atoms with Gasteiger partial charge in [0.25, 0.3) is 0 Å². The van der Waals surface area contributed by atoms with E-state index < -0.39 is 0 Å². The molecule has 0 heterocycles. The lowest BCUT2D eigenvalue weighted by Crippen LogP contribution is -2.15. The van der Waals surface area contributed by atoms with E-state index in [0.29, 0.717) is 0 Å². The van der Waals surface area contributed by atoms with Crippen LogP contribution in [0.1, 0.15) is 33.3 Å². The molecule has 0 amide bonds. The summed E-state index contributed by atoms with van der Waals surface area (Å²) in [6.45, 7) is 7.62. The van der Waals surface area contributed by atoms with Crippen molar-refractivity contribution in [2.24, 2.45) is 5.41 Å². The Morgan fingerprint density at radius 1 is 1.19 bits per heavy atom. The summed E-state index contributed by atoms with van der Waals surface area (Å²) in [7, 11) is 0. The van der Waals surface area contributed by atoms with Crippen molar-refractivity contribution in [3.05, 3.63) is 35.4 Å². The van der Waals surface area contributed by atoms with Crippen LogP contribution >= 0.6 is 0 Å². The summed E-state index contributed by atoms with van der Waals surface area (Å²) in [4.78, 5) is 11.5. The van der Waals surface area contributed by atoms with Crippen LogP contribution in [0.5, 0.6) is 5.75 Å². The van der Waals surface area contributed by atoms with E-state index in [1.165, 1.54) is 0 Å². The van der Waals surface area contributed by atoms with Gasteiger partial charge in [0.2, 0.25) is 0 Å². The minimum absolute atomic E-state index is 0.0839. The number of aromatic hydroxyl groups is 1. The minimum atomic E-state index is -0.163. The van der Waals surface area contributed by atoms with Gasteiger partial charge in [0.15, 0.2) is 5.78 Å². The van der Waals surface area contributed by atoms with Gasteiger partial charge in [-0.3, -0.25) is 4.79 Å². The van der Waals surface area contributed by atoms with Gasteiger partial charge in [-0.25, -0.2) is 0 Å². The first-order valence-corrected chi connectivity index (χ1v) is 5.33. The molecule has 0 unspecified atom stereocenters. The topological polar surface area (TPSA) is 37.3 Å². The fraction of sp³-hybridized carbons (Fsp3) is 0.357. The first-order chi connectivity index (χ1) is 7.30. The van der Waals surface area contributed by atoms with Crippen LogP contribution in [-0.4, -0.2) is 10.9 Å². The Bertz CT molecular complexity index is 405. The standard InChI is InChI=1S/C14H18O2/c1-10(15)13(14(2,3)4)9-11-5-7-12(16)8-6-11/h5-9,16H,1-4H3. The molecule has 0 aliphatic heterocycles. The van der Waals surface area contributed by atoms with Crippen molar-refractivity contribution in [1.82, 2.24) is 0 Å². The Hall–Kier alpha value is -1.57. The summed E-state index contributed by atoms with van der Waals surface area (Å²) >= 11 is 0. The molecule has 16 heavy (non-hydrogen) atoms.